The molecule has 2 amide bonds. The second-order valence-electron chi connectivity index (χ2n) is 5.37. The van der Waals surface area contributed by atoms with Gasteiger partial charge in [-0.05, 0) is 30.2 Å². The van der Waals surface area contributed by atoms with E-state index < -0.39 is 17.8 Å². The van der Waals surface area contributed by atoms with Crippen molar-refractivity contribution in [2.75, 3.05) is 6.54 Å². The number of carbonyl (C=O) groups excluding carboxylic acids is 3. The summed E-state index contributed by atoms with van der Waals surface area (Å²) in [6, 6.07) is 13.2. The van der Waals surface area contributed by atoms with Crippen LogP contribution in [-0.2, 0) is 16.2 Å². The summed E-state index contributed by atoms with van der Waals surface area (Å²) in [5, 5.41) is 16.9. The predicted octanol–water partition coefficient (Wildman–Crippen LogP) is 0.215. The predicted molar refractivity (Wildman–Crippen MR) is 96.0 cm³/mol. The molecule has 2 aromatic carbocycles. The van der Waals surface area contributed by atoms with E-state index in [1.165, 1.54) is 18.3 Å². The average molecular weight is 368 g/mol. The summed E-state index contributed by atoms with van der Waals surface area (Å²) in [5.41, 5.74) is 3.60. The van der Waals surface area contributed by atoms with Crippen LogP contribution in [0.4, 0.5) is 0 Å². The Labute approximate surface area is 155 Å². The van der Waals surface area contributed by atoms with E-state index in [-0.39, 0.29) is 12.2 Å². The molecule has 0 aliphatic carbocycles. The van der Waals surface area contributed by atoms with Crippen LogP contribution in [0.1, 0.15) is 28.4 Å². The fourth-order valence-electron chi connectivity index (χ4n) is 2.07. The maximum atomic E-state index is 11.5. The summed E-state index contributed by atoms with van der Waals surface area (Å²) in [6.07, 6.45) is 1.37. The first-order valence-corrected chi connectivity index (χ1v) is 8.14. The van der Waals surface area contributed by atoms with Gasteiger partial charge in [0.1, 0.15) is 12.4 Å². The summed E-state index contributed by atoms with van der Waals surface area (Å²) in [6.45, 7) is 2.26. The maximum Gasteiger partial charge on any atom is 0.329 e. The number of carbonyl (C=O) groups is 3. The lowest BCUT2D eigenvalue weighted by Crippen LogP contribution is -2.37. The van der Waals surface area contributed by atoms with Crippen LogP contribution in [0.15, 0.2) is 53.6 Å². The highest BCUT2D eigenvalue weighted by Crippen LogP contribution is 2.17. The summed E-state index contributed by atoms with van der Waals surface area (Å²) < 4.78 is 5.72. The third-order valence-corrected chi connectivity index (χ3v) is 3.42. The summed E-state index contributed by atoms with van der Waals surface area (Å²) in [4.78, 5) is 33.5. The molecule has 0 radical (unpaired) electrons. The molecule has 0 aliphatic heterocycles. The van der Waals surface area contributed by atoms with E-state index in [0.717, 1.165) is 5.56 Å². The third-order valence-electron chi connectivity index (χ3n) is 3.42. The molecule has 27 heavy (non-hydrogen) atoms. The molecule has 2 N–H and O–H groups in total. The lowest BCUT2D eigenvalue weighted by Gasteiger charge is -2.10. The fourth-order valence-corrected chi connectivity index (χ4v) is 2.07. The van der Waals surface area contributed by atoms with Crippen molar-refractivity contribution in [2.24, 2.45) is 5.10 Å². The summed E-state index contributed by atoms with van der Waals surface area (Å²) >= 11 is 0. The standard InChI is InChI=1S/C19H19N3O5/c1-2-20-17(23)18(24)22-21-11-15-5-3-4-6-16(15)27-12-13-7-9-14(10-8-13)19(25)26/h3-11H,2,12H2,1H3,(H,20,23)(H,22,24)(H,25,26)/p-1/b21-11-. The van der Waals surface area contributed by atoms with Gasteiger partial charge in [0, 0.05) is 12.1 Å². The van der Waals surface area contributed by atoms with Crippen molar-refractivity contribution < 1.29 is 24.2 Å². The van der Waals surface area contributed by atoms with Crippen molar-refractivity contribution in [1.82, 2.24) is 10.7 Å². The Balaban J connectivity index is 1.98. The van der Waals surface area contributed by atoms with Crippen molar-refractivity contribution in [3.63, 3.8) is 0 Å². The van der Waals surface area contributed by atoms with Crippen molar-refractivity contribution >= 4 is 24.0 Å². The quantitative estimate of drug-likeness (QED) is 0.411. The minimum absolute atomic E-state index is 0.0918. The zero-order chi connectivity index (χ0) is 19.6. The van der Waals surface area contributed by atoms with Gasteiger partial charge in [-0.25, -0.2) is 5.43 Å². The Kier molecular flexibility index (Phi) is 7.07. The van der Waals surface area contributed by atoms with E-state index in [2.05, 4.69) is 15.8 Å². The molecule has 0 saturated heterocycles. The van der Waals surface area contributed by atoms with Crippen LogP contribution in [-0.4, -0.2) is 30.5 Å². The first-order valence-electron chi connectivity index (χ1n) is 8.14. The van der Waals surface area contributed by atoms with Gasteiger partial charge in [-0.2, -0.15) is 5.10 Å². The highest BCUT2D eigenvalue weighted by atomic mass is 16.5. The highest BCUT2D eigenvalue weighted by molar-refractivity contribution is 6.35. The molecule has 0 bridgehead atoms. The zero-order valence-electron chi connectivity index (χ0n) is 14.6. The summed E-state index contributed by atoms with van der Waals surface area (Å²) in [7, 11) is 0. The summed E-state index contributed by atoms with van der Waals surface area (Å²) in [5.74, 6) is -2.35. The van der Waals surface area contributed by atoms with Crippen molar-refractivity contribution in [3.05, 3.63) is 65.2 Å². The molecule has 8 nitrogen and oxygen atoms in total. The Hall–Kier alpha value is -3.68. The van der Waals surface area contributed by atoms with Crippen molar-refractivity contribution in [1.29, 1.82) is 0 Å². The van der Waals surface area contributed by atoms with Crippen molar-refractivity contribution in [3.8, 4) is 5.75 Å². The lowest BCUT2D eigenvalue weighted by atomic mass is 10.1. The Bertz CT molecular complexity index is 847. The normalized spacial score (nSPS) is 10.4. The van der Waals surface area contributed by atoms with E-state index in [1.807, 2.05) is 0 Å². The van der Waals surface area contributed by atoms with Gasteiger partial charge in [0.2, 0.25) is 0 Å². The lowest BCUT2D eigenvalue weighted by molar-refractivity contribution is -0.255. The van der Waals surface area contributed by atoms with Crippen LogP contribution in [0.3, 0.4) is 0 Å². The number of carboxylic acid groups (broad SMARTS) is 1. The minimum Gasteiger partial charge on any atom is -0.545 e. The Morgan fingerprint density at radius 1 is 1.07 bits per heavy atom. The molecule has 0 fully saturated rings. The number of nitrogens with one attached hydrogen (secondary N) is 2. The number of hydrogen-bond acceptors (Lipinski definition) is 6. The molecule has 140 valence electrons. The third kappa shape index (κ3) is 5.96. The molecule has 0 spiro atoms. The molecule has 0 atom stereocenters. The second-order valence-corrected chi connectivity index (χ2v) is 5.37. The van der Waals surface area contributed by atoms with Gasteiger partial charge in [-0.1, -0.05) is 36.4 Å². The number of ether oxygens (including phenoxy) is 1. The maximum absolute atomic E-state index is 11.5. The molecule has 2 aromatic rings. The van der Waals surface area contributed by atoms with E-state index in [1.54, 1.807) is 43.3 Å². The number of carboxylic acids is 1. The number of amides is 2. The first-order chi connectivity index (χ1) is 13.0. The van der Waals surface area contributed by atoms with Crippen molar-refractivity contribution in [2.45, 2.75) is 13.5 Å². The number of hydrogen-bond donors (Lipinski definition) is 2. The molecular weight excluding hydrogens is 350 g/mol. The highest BCUT2D eigenvalue weighted by Gasteiger charge is 2.10. The van der Waals surface area contributed by atoms with Gasteiger partial charge in [-0.15, -0.1) is 0 Å². The number of hydrazone groups is 1. The van der Waals surface area contributed by atoms with Crippen LogP contribution in [0, 0.1) is 0 Å². The number of likely N-dealkylation sites (N-methyl/N-ethyl adjacent to an activating group) is 1. The smallest absolute Gasteiger partial charge is 0.329 e. The molecule has 2 rings (SSSR count). The van der Waals surface area contributed by atoms with Gasteiger partial charge in [0.15, 0.2) is 0 Å². The minimum atomic E-state index is -1.24. The van der Waals surface area contributed by atoms with Crippen LogP contribution in [0.2, 0.25) is 0 Å². The average Bonchev–Trinajstić information content (AvgIpc) is 2.67. The second kappa shape index (κ2) is 9.71. The van der Waals surface area contributed by atoms with Crippen LogP contribution in [0.5, 0.6) is 5.75 Å². The van der Waals surface area contributed by atoms with E-state index in [9.17, 15) is 19.5 Å². The van der Waals surface area contributed by atoms with Gasteiger partial charge in [0.25, 0.3) is 0 Å². The molecule has 0 saturated carbocycles. The molecule has 0 aromatic heterocycles. The SMILES string of the molecule is CCNC(=O)C(=O)N/N=C\c1ccccc1OCc1ccc(C(=O)[O-])cc1. The number of aromatic carboxylic acids is 1. The van der Waals surface area contributed by atoms with Crippen LogP contribution < -0.4 is 20.6 Å². The topological polar surface area (TPSA) is 120 Å². The Morgan fingerprint density at radius 2 is 1.78 bits per heavy atom. The van der Waals surface area contributed by atoms with Gasteiger partial charge in [0.05, 0.1) is 12.2 Å². The van der Waals surface area contributed by atoms with Gasteiger partial charge in [-0.3, -0.25) is 9.59 Å². The number of rotatable bonds is 7. The zero-order valence-corrected chi connectivity index (χ0v) is 14.6. The largest absolute Gasteiger partial charge is 0.545 e. The molecule has 0 aliphatic rings. The fraction of sp³-hybridized carbons (Fsp3) is 0.158. The Morgan fingerprint density at radius 3 is 2.44 bits per heavy atom. The number of benzene rings is 2. The van der Waals surface area contributed by atoms with Gasteiger partial charge >= 0.3 is 11.8 Å². The molecular formula is C19H18N3O5-. The molecule has 0 unspecified atom stereocenters. The first kappa shape index (κ1) is 19.6. The molecule has 0 heterocycles. The van der Waals surface area contributed by atoms with Crippen LogP contribution in [0.25, 0.3) is 0 Å². The number of nitrogens with zero attached hydrogens (tertiary/aromatic N) is 1. The number of para-hydroxylation sites is 1. The van der Waals surface area contributed by atoms with Crippen LogP contribution >= 0.6 is 0 Å². The monoisotopic (exact) mass is 368 g/mol. The van der Waals surface area contributed by atoms with E-state index >= 15 is 0 Å². The van der Waals surface area contributed by atoms with E-state index in [4.69, 9.17) is 4.74 Å². The van der Waals surface area contributed by atoms with Gasteiger partial charge < -0.3 is 20.0 Å². The van der Waals surface area contributed by atoms with E-state index in [0.29, 0.717) is 17.9 Å². The molecule has 8 heteroatoms.